The van der Waals surface area contributed by atoms with Crippen molar-refractivity contribution in [3.05, 3.63) is 40.7 Å². The monoisotopic (exact) mass is 349 g/mol. The van der Waals surface area contributed by atoms with E-state index in [1.807, 2.05) is 12.3 Å². The molecule has 1 aromatic carbocycles. The molecule has 7 rings (SSSR count). The summed E-state index contributed by atoms with van der Waals surface area (Å²) in [6.45, 7) is 2.41. The van der Waals surface area contributed by atoms with Crippen LogP contribution in [-0.4, -0.2) is 39.3 Å². The summed E-state index contributed by atoms with van der Waals surface area (Å²) in [5, 5.41) is 18.1. The van der Waals surface area contributed by atoms with Gasteiger partial charge in [-0.25, -0.2) is 0 Å². The third-order valence-corrected chi connectivity index (χ3v) is 7.87. The summed E-state index contributed by atoms with van der Waals surface area (Å²) in [7, 11) is 0. The Bertz CT molecular complexity index is 933. The minimum Gasteiger partial charge on any atom is -0.504 e. The van der Waals surface area contributed by atoms with Gasteiger partial charge in [-0.15, -0.1) is 0 Å². The summed E-state index contributed by atoms with van der Waals surface area (Å²) in [6.07, 6.45) is 8.07. The number of benzene rings is 1. The van der Waals surface area contributed by atoms with Gasteiger partial charge in [0.15, 0.2) is 17.6 Å². The number of phenolic OH excluding ortho intramolecular Hbond substituents is 1. The number of nitrogens with one attached hydrogen (secondary N) is 1. The minimum atomic E-state index is -0.0216. The Morgan fingerprint density at radius 2 is 2.19 bits per heavy atom. The third-order valence-electron chi connectivity index (χ3n) is 7.87. The van der Waals surface area contributed by atoms with Crippen molar-refractivity contribution in [1.82, 2.24) is 15.1 Å². The Morgan fingerprint density at radius 3 is 3.08 bits per heavy atom. The molecule has 2 N–H and O–H groups in total. The molecule has 5 heteroatoms. The van der Waals surface area contributed by atoms with Crippen LogP contribution in [0.15, 0.2) is 18.3 Å². The zero-order valence-corrected chi connectivity index (χ0v) is 14.7. The molecule has 3 heterocycles. The third kappa shape index (κ3) is 1.51. The zero-order valence-electron chi connectivity index (χ0n) is 14.7. The molecule has 4 atom stereocenters. The molecule has 5 nitrogen and oxygen atoms in total. The highest BCUT2D eigenvalue weighted by molar-refractivity contribution is 5.62. The van der Waals surface area contributed by atoms with Crippen LogP contribution in [0.2, 0.25) is 0 Å². The molecule has 26 heavy (non-hydrogen) atoms. The lowest BCUT2D eigenvalue weighted by Crippen LogP contribution is -2.63. The van der Waals surface area contributed by atoms with E-state index >= 15 is 0 Å². The molecule has 1 unspecified atom stereocenters. The fourth-order valence-electron chi connectivity index (χ4n) is 6.62. The number of aromatic amines is 1. The molecule has 2 aliphatic heterocycles. The summed E-state index contributed by atoms with van der Waals surface area (Å²) >= 11 is 0. The van der Waals surface area contributed by atoms with Crippen LogP contribution in [0.1, 0.15) is 47.8 Å². The average molecular weight is 349 g/mol. The van der Waals surface area contributed by atoms with Gasteiger partial charge in [0.25, 0.3) is 0 Å². The van der Waals surface area contributed by atoms with E-state index in [2.05, 4.69) is 21.2 Å². The van der Waals surface area contributed by atoms with Gasteiger partial charge in [0.05, 0.1) is 11.9 Å². The molecule has 0 amide bonds. The predicted molar refractivity (Wildman–Crippen MR) is 95.3 cm³/mol. The van der Waals surface area contributed by atoms with Crippen molar-refractivity contribution in [3.63, 3.8) is 0 Å². The molecule has 1 aromatic heterocycles. The van der Waals surface area contributed by atoms with Gasteiger partial charge >= 0.3 is 0 Å². The Morgan fingerprint density at radius 1 is 1.27 bits per heavy atom. The highest BCUT2D eigenvalue weighted by atomic mass is 16.5. The molecular weight excluding hydrogens is 326 g/mol. The molecule has 2 bridgehead atoms. The number of aromatic hydroxyl groups is 1. The van der Waals surface area contributed by atoms with E-state index in [-0.39, 0.29) is 11.5 Å². The number of nitrogens with zero attached hydrogens (tertiary/aromatic N) is 2. The number of hydrogen-bond donors (Lipinski definition) is 2. The predicted octanol–water partition coefficient (Wildman–Crippen LogP) is 2.70. The summed E-state index contributed by atoms with van der Waals surface area (Å²) < 4.78 is 6.48. The SMILES string of the molecule is Oc1ccc2c3c1OC1c4[nH]ncc4C[C@H]4[C@H](C2)N(CC2CC2)CC[C@]314. The standard InChI is InChI=1S/C21H23N3O2/c25-16-4-3-12-8-15-14-7-13-9-22-23-18(13)20-21(14,17(12)19(16)26-20)5-6-24(15)10-11-1-2-11/h3-4,9,11,14-15,20,25H,1-2,5-8,10H2,(H,22,23)/t14-,15-,20?,21-/m0/s1. The summed E-state index contributed by atoms with van der Waals surface area (Å²) in [4.78, 5) is 2.78. The second-order valence-electron chi connectivity index (χ2n) is 9.07. The number of ether oxygens (including phenoxy) is 1. The van der Waals surface area contributed by atoms with E-state index in [1.165, 1.54) is 36.1 Å². The Labute approximate surface area is 152 Å². The van der Waals surface area contributed by atoms with Crippen molar-refractivity contribution in [2.24, 2.45) is 11.8 Å². The highest BCUT2D eigenvalue weighted by Gasteiger charge is 2.65. The van der Waals surface area contributed by atoms with Crippen molar-refractivity contribution >= 4 is 0 Å². The van der Waals surface area contributed by atoms with Gasteiger partial charge in [-0.1, -0.05) is 6.07 Å². The Balaban J connectivity index is 1.46. The molecule has 3 aliphatic carbocycles. The topological polar surface area (TPSA) is 61.4 Å². The molecule has 1 spiro atoms. The van der Waals surface area contributed by atoms with Crippen LogP contribution >= 0.6 is 0 Å². The number of phenols is 1. The zero-order chi connectivity index (χ0) is 17.0. The van der Waals surface area contributed by atoms with Gasteiger partial charge in [-0.05, 0) is 67.7 Å². The number of rotatable bonds is 2. The molecule has 5 aliphatic rings. The number of piperidine rings is 1. The lowest BCUT2D eigenvalue weighted by Gasteiger charge is -2.57. The van der Waals surface area contributed by atoms with E-state index in [1.54, 1.807) is 0 Å². The maximum absolute atomic E-state index is 10.5. The normalized spacial score (nSPS) is 36.4. The largest absolute Gasteiger partial charge is 0.504 e. The van der Waals surface area contributed by atoms with Crippen LogP contribution in [0.25, 0.3) is 0 Å². The molecule has 0 radical (unpaired) electrons. The first-order valence-corrected chi connectivity index (χ1v) is 10.0. The number of hydrogen-bond acceptors (Lipinski definition) is 4. The minimum absolute atomic E-state index is 0.00586. The van der Waals surface area contributed by atoms with Crippen molar-refractivity contribution in [2.45, 2.75) is 49.7 Å². The summed E-state index contributed by atoms with van der Waals surface area (Å²) in [5.74, 6) is 2.52. The maximum atomic E-state index is 10.5. The summed E-state index contributed by atoms with van der Waals surface area (Å²) in [5.41, 5.74) is 5.16. The fraction of sp³-hybridized carbons (Fsp3) is 0.571. The number of aromatic nitrogens is 2. The van der Waals surface area contributed by atoms with Crippen LogP contribution in [0.3, 0.4) is 0 Å². The van der Waals surface area contributed by atoms with E-state index in [4.69, 9.17) is 4.74 Å². The smallest absolute Gasteiger partial charge is 0.166 e. The van der Waals surface area contributed by atoms with Crippen LogP contribution in [0.4, 0.5) is 0 Å². The van der Waals surface area contributed by atoms with Crippen molar-refractivity contribution in [1.29, 1.82) is 0 Å². The van der Waals surface area contributed by atoms with Gasteiger partial charge in [-0.2, -0.15) is 5.10 Å². The highest BCUT2D eigenvalue weighted by Crippen LogP contribution is 2.67. The first-order valence-electron chi connectivity index (χ1n) is 10.0. The molecule has 2 fully saturated rings. The van der Waals surface area contributed by atoms with E-state index < -0.39 is 0 Å². The average Bonchev–Trinajstić information content (AvgIpc) is 3.20. The molecular formula is C21H23N3O2. The van der Waals surface area contributed by atoms with Crippen molar-refractivity contribution < 1.29 is 9.84 Å². The fourth-order valence-corrected chi connectivity index (χ4v) is 6.62. The first-order chi connectivity index (χ1) is 12.8. The lowest BCUT2D eigenvalue weighted by molar-refractivity contribution is -0.0374. The number of H-pyrrole nitrogens is 1. The van der Waals surface area contributed by atoms with E-state index in [9.17, 15) is 5.11 Å². The Hall–Kier alpha value is -2.01. The van der Waals surface area contributed by atoms with Gasteiger partial charge in [0.1, 0.15) is 0 Å². The second-order valence-corrected chi connectivity index (χ2v) is 9.07. The lowest BCUT2D eigenvalue weighted by atomic mass is 9.52. The van der Waals surface area contributed by atoms with Gasteiger partial charge in [-0.3, -0.25) is 10.00 Å². The van der Waals surface area contributed by atoms with Crippen LogP contribution in [0, 0.1) is 11.8 Å². The van der Waals surface area contributed by atoms with Gasteiger partial charge in [0, 0.05) is 23.6 Å². The van der Waals surface area contributed by atoms with Crippen molar-refractivity contribution in [3.8, 4) is 11.5 Å². The number of likely N-dealkylation sites (tertiary alicyclic amines) is 1. The quantitative estimate of drug-likeness (QED) is 0.875. The molecule has 1 saturated heterocycles. The maximum Gasteiger partial charge on any atom is 0.166 e. The van der Waals surface area contributed by atoms with Crippen LogP contribution < -0.4 is 4.74 Å². The summed E-state index contributed by atoms with van der Waals surface area (Å²) in [6, 6.07) is 4.56. The van der Waals surface area contributed by atoms with E-state index in [0.717, 1.165) is 43.2 Å². The number of fused-ring (bicyclic) bond motifs is 2. The molecule has 134 valence electrons. The van der Waals surface area contributed by atoms with Crippen molar-refractivity contribution in [2.75, 3.05) is 13.1 Å². The van der Waals surface area contributed by atoms with E-state index in [0.29, 0.717) is 17.7 Å². The Kier molecular flexibility index (Phi) is 2.41. The second kappa shape index (κ2) is 4.45. The van der Waals surface area contributed by atoms with Crippen LogP contribution in [-0.2, 0) is 18.3 Å². The van der Waals surface area contributed by atoms with Crippen LogP contribution in [0.5, 0.6) is 11.5 Å². The molecule has 1 saturated carbocycles. The van der Waals surface area contributed by atoms with Gasteiger partial charge < -0.3 is 9.84 Å². The first kappa shape index (κ1) is 14.1. The van der Waals surface area contributed by atoms with Gasteiger partial charge in [0.2, 0.25) is 0 Å². The molecule has 2 aromatic rings.